The van der Waals surface area contributed by atoms with E-state index in [9.17, 15) is 14.0 Å². The van der Waals surface area contributed by atoms with Gasteiger partial charge < -0.3 is 5.32 Å². The highest BCUT2D eigenvalue weighted by molar-refractivity contribution is 6.04. The molecule has 0 aliphatic carbocycles. The number of carbonyl (C=O) groups excluding carboxylic acids is 1. The van der Waals surface area contributed by atoms with Crippen LogP contribution >= 0.6 is 0 Å². The van der Waals surface area contributed by atoms with Crippen molar-refractivity contribution in [2.75, 3.05) is 5.32 Å². The summed E-state index contributed by atoms with van der Waals surface area (Å²) in [5, 5.41) is 9.13. The van der Waals surface area contributed by atoms with Crippen molar-refractivity contribution in [3.8, 4) is 11.3 Å². The maximum atomic E-state index is 14.5. The zero-order chi connectivity index (χ0) is 24.3. The van der Waals surface area contributed by atoms with Crippen LogP contribution in [-0.4, -0.2) is 31.1 Å². The topological polar surface area (TPSA) is 114 Å². The Morgan fingerprint density at radius 3 is 2.59 bits per heavy atom. The average Bonchev–Trinajstić information content (AvgIpc) is 2.82. The molecule has 172 valence electrons. The Morgan fingerprint density at radius 2 is 1.91 bits per heavy atom. The number of carbonyl (C=O) groups is 1. The summed E-state index contributed by atoms with van der Waals surface area (Å²) in [7, 11) is 0. The molecule has 4 rings (SSSR count). The Balaban J connectivity index is 1.58. The number of anilines is 1. The maximum absolute atomic E-state index is 14.5. The third-order valence-electron chi connectivity index (χ3n) is 5.20. The Hall–Kier alpha value is -4.27. The number of amides is 1. The van der Waals surface area contributed by atoms with Gasteiger partial charge in [-0.15, -0.1) is 0 Å². The van der Waals surface area contributed by atoms with Gasteiger partial charge in [0.15, 0.2) is 0 Å². The van der Waals surface area contributed by atoms with Crippen LogP contribution in [0.15, 0.2) is 66.0 Å². The van der Waals surface area contributed by atoms with Crippen LogP contribution in [0.4, 0.5) is 10.1 Å². The summed E-state index contributed by atoms with van der Waals surface area (Å²) in [6.07, 6.45) is 4.77. The van der Waals surface area contributed by atoms with Crippen LogP contribution < -0.4 is 10.9 Å². The SMILES string of the molecule is CC(C)(C)c1ccc(C(=O)Nc2cc(-c3cc(Cc4ccncn4)c(=O)[nH]n3)ccc2F)cn1. The first kappa shape index (κ1) is 22.9. The number of benzene rings is 1. The van der Waals surface area contributed by atoms with Gasteiger partial charge in [-0.2, -0.15) is 5.10 Å². The van der Waals surface area contributed by atoms with Crippen molar-refractivity contribution < 1.29 is 9.18 Å². The van der Waals surface area contributed by atoms with Gasteiger partial charge in [0, 0.05) is 46.7 Å². The molecule has 0 atom stereocenters. The number of nitrogens with zero attached hydrogens (tertiary/aromatic N) is 4. The van der Waals surface area contributed by atoms with Gasteiger partial charge in [0.2, 0.25) is 0 Å². The Labute approximate surface area is 195 Å². The minimum Gasteiger partial charge on any atom is -0.319 e. The van der Waals surface area contributed by atoms with Gasteiger partial charge in [0.25, 0.3) is 11.5 Å². The van der Waals surface area contributed by atoms with Crippen LogP contribution in [0.2, 0.25) is 0 Å². The van der Waals surface area contributed by atoms with Gasteiger partial charge in [-0.25, -0.2) is 19.5 Å². The molecule has 0 saturated heterocycles. The number of pyridine rings is 1. The van der Waals surface area contributed by atoms with Crippen LogP contribution in [0, 0.1) is 5.82 Å². The molecule has 0 unspecified atom stereocenters. The van der Waals surface area contributed by atoms with Crippen molar-refractivity contribution in [2.24, 2.45) is 0 Å². The molecule has 8 nitrogen and oxygen atoms in total. The lowest BCUT2D eigenvalue weighted by atomic mass is 9.91. The minimum atomic E-state index is -0.595. The Bertz CT molecular complexity index is 1380. The summed E-state index contributed by atoms with van der Waals surface area (Å²) in [5.74, 6) is -1.08. The lowest BCUT2D eigenvalue weighted by Crippen LogP contribution is -2.17. The molecular weight excluding hydrogens is 435 g/mol. The largest absolute Gasteiger partial charge is 0.319 e. The third-order valence-corrected chi connectivity index (χ3v) is 5.20. The zero-order valence-corrected chi connectivity index (χ0v) is 19.0. The summed E-state index contributed by atoms with van der Waals surface area (Å²) in [4.78, 5) is 37.3. The summed E-state index contributed by atoms with van der Waals surface area (Å²) >= 11 is 0. The molecule has 0 radical (unpaired) electrons. The number of H-pyrrole nitrogens is 1. The van der Waals surface area contributed by atoms with Crippen molar-refractivity contribution in [3.63, 3.8) is 0 Å². The van der Waals surface area contributed by atoms with E-state index < -0.39 is 11.7 Å². The lowest BCUT2D eigenvalue weighted by molar-refractivity contribution is 0.102. The first-order valence-corrected chi connectivity index (χ1v) is 10.6. The highest BCUT2D eigenvalue weighted by Gasteiger charge is 2.17. The molecule has 3 aromatic heterocycles. The fraction of sp³-hybridized carbons (Fsp3) is 0.200. The first-order chi connectivity index (χ1) is 16.2. The molecule has 0 saturated carbocycles. The fourth-order valence-corrected chi connectivity index (χ4v) is 3.29. The van der Waals surface area contributed by atoms with Crippen molar-refractivity contribution in [1.29, 1.82) is 0 Å². The second kappa shape index (κ2) is 9.30. The van der Waals surface area contributed by atoms with Gasteiger partial charge in [-0.1, -0.05) is 20.8 Å². The highest BCUT2D eigenvalue weighted by Crippen LogP contribution is 2.25. The van der Waals surface area contributed by atoms with E-state index >= 15 is 0 Å². The molecule has 3 heterocycles. The van der Waals surface area contributed by atoms with Crippen molar-refractivity contribution >= 4 is 11.6 Å². The van der Waals surface area contributed by atoms with Crippen LogP contribution in [0.1, 0.15) is 48.1 Å². The summed E-state index contributed by atoms with van der Waals surface area (Å²) in [5.41, 5.74) is 2.74. The molecule has 0 spiro atoms. The predicted octanol–water partition coefficient (Wildman–Crippen LogP) is 3.90. The molecule has 0 aliphatic heterocycles. The second-order valence-corrected chi connectivity index (χ2v) is 8.82. The van der Waals surface area contributed by atoms with E-state index in [0.717, 1.165) is 5.69 Å². The van der Waals surface area contributed by atoms with Gasteiger partial charge in [0.05, 0.1) is 16.9 Å². The number of nitrogens with one attached hydrogen (secondary N) is 2. The molecule has 9 heteroatoms. The monoisotopic (exact) mass is 458 g/mol. The zero-order valence-electron chi connectivity index (χ0n) is 19.0. The fourth-order valence-electron chi connectivity index (χ4n) is 3.29. The van der Waals surface area contributed by atoms with Crippen molar-refractivity contribution in [1.82, 2.24) is 25.1 Å². The number of hydrogen-bond acceptors (Lipinski definition) is 6. The molecular formula is C25H23FN6O2. The van der Waals surface area contributed by atoms with E-state index in [0.29, 0.717) is 28.1 Å². The number of halogens is 1. The first-order valence-electron chi connectivity index (χ1n) is 10.6. The molecule has 0 fully saturated rings. The Kier molecular flexibility index (Phi) is 6.27. The van der Waals surface area contributed by atoms with Gasteiger partial charge in [-0.05, 0) is 42.5 Å². The van der Waals surface area contributed by atoms with Crippen LogP contribution in [0.5, 0.6) is 0 Å². The number of aromatic amines is 1. The molecule has 2 N–H and O–H groups in total. The summed E-state index contributed by atoms with van der Waals surface area (Å²) in [6, 6.07) is 11.0. The summed E-state index contributed by atoms with van der Waals surface area (Å²) < 4.78 is 14.5. The average molecular weight is 458 g/mol. The Morgan fingerprint density at radius 1 is 1.09 bits per heavy atom. The second-order valence-electron chi connectivity index (χ2n) is 8.82. The number of rotatable bonds is 5. The minimum absolute atomic E-state index is 0.00671. The molecule has 34 heavy (non-hydrogen) atoms. The predicted molar refractivity (Wildman–Crippen MR) is 126 cm³/mol. The maximum Gasteiger partial charge on any atom is 0.267 e. The van der Waals surface area contributed by atoms with E-state index in [1.54, 1.807) is 30.5 Å². The third kappa shape index (κ3) is 5.20. The van der Waals surface area contributed by atoms with Gasteiger partial charge in [-0.3, -0.25) is 14.6 Å². The van der Waals surface area contributed by atoms with Gasteiger partial charge >= 0.3 is 0 Å². The quantitative estimate of drug-likeness (QED) is 0.469. The van der Waals surface area contributed by atoms with E-state index in [2.05, 4.69) is 30.5 Å². The molecule has 4 aromatic rings. The van der Waals surface area contributed by atoms with Crippen LogP contribution in [0.25, 0.3) is 11.3 Å². The normalized spacial score (nSPS) is 11.3. The van der Waals surface area contributed by atoms with Crippen LogP contribution in [-0.2, 0) is 11.8 Å². The lowest BCUT2D eigenvalue weighted by Gasteiger charge is -2.17. The van der Waals surface area contributed by atoms with E-state index in [4.69, 9.17) is 0 Å². The smallest absolute Gasteiger partial charge is 0.267 e. The summed E-state index contributed by atoms with van der Waals surface area (Å²) in [6.45, 7) is 6.08. The van der Waals surface area contributed by atoms with Gasteiger partial charge in [0.1, 0.15) is 12.1 Å². The molecule has 0 bridgehead atoms. The molecule has 1 amide bonds. The van der Waals surface area contributed by atoms with E-state index in [-0.39, 0.29) is 23.1 Å². The number of hydrogen-bond donors (Lipinski definition) is 2. The van der Waals surface area contributed by atoms with Crippen LogP contribution in [0.3, 0.4) is 0 Å². The standard InChI is InChI=1S/C25H23FN6O2/c1-25(2,3)22-7-5-16(13-28-22)23(33)30-21-11-15(4-6-19(21)26)20-12-17(24(34)32-31-20)10-18-8-9-27-14-29-18/h4-9,11-14H,10H2,1-3H3,(H,30,33)(H,32,34). The highest BCUT2D eigenvalue weighted by atomic mass is 19.1. The molecule has 1 aromatic carbocycles. The number of aromatic nitrogens is 5. The van der Waals surface area contributed by atoms with E-state index in [1.807, 2.05) is 20.8 Å². The van der Waals surface area contributed by atoms with Crippen molar-refractivity contribution in [2.45, 2.75) is 32.6 Å². The molecule has 0 aliphatic rings. The van der Waals surface area contributed by atoms with E-state index in [1.165, 1.54) is 30.7 Å². The van der Waals surface area contributed by atoms with Crippen molar-refractivity contribution in [3.05, 3.63) is 99.9 Å².